The number of sulfonamides is 1. The highest BCUT2D eigenvalue weighted by atomic mass is 32.2. The molecule has 0 aliphatic carbocycles. The number of unbranched alkanes of at least 4 members (excludes halogenated alkanes) is 1. The zero-order chi connectivity index (χ0) is 13.9. The molecule has 1 amide bonds. The number of hydrogen-bond donors (Lipinski definition) is 0. The summed E-state index contributed by atoms with van der Waals surface area (Å²) < 4.78 is 30.1. The molecule has 19 heavy (non-hydrogen) atoms. The number of nitrogens with zero attached hydrogens (tertiary/aromatic N) is 1. The van der Waals surface area contributed by atoms with Gasteiger partial charge in [0.2, 0.25) is 10.0 Å². The molecule has 2 rings (SSSR count). The molecule has 0 bridgehead atoms. The van der Waals surface area contributed by atoms with Crippen LogP contribution in [0.3, 0.4) is 0 Å². The minimum Gasteiger partial charge on any atom is -0.443 e. The fourth-order valence-electron chi connectivity index (χ4n) is 1.89. The van der Waals surface area contributed by atoms with Gasteiger partial charge in [0, 0.05) is 5.56 Å². The Balaban J connectivity index is 2.32. The van der Waals surface area contributed by atoms with Crippen molar-refractivity contribution in [2.24, 2.45) is 0 Å². The third kappa shape index (κ3) is 2.78. The first-order chi connectivity index (χ1) is 9.06. The topological polar surface area (TPSA) is 63.7 Å². The normalized spacial score (nSPS) is 14.7. The maximum Gasteiger partial charge on any atom is 0.428 e. The molecule has 102 valence electrons. The molecule has 0 spiro atoms. The first kappa shape index (κ1) is 13.6. The van der Waals surface area contributed by atoms with E-state index in [2.05, 4.69) is 6.58 Å². The van der Waals surface area contributed by atoms with Gasteiger partial charge in [-0.3, -0.25) is 0 Å². The van der Waals surface area contributed by atoms with Crippen LogP contribution >= 0.6 is 0 Å². The number of hydrogen-bond acceptors (Lipinski definition) is 4. The molecule has 6 heteroatoms. The highest BCUT2D eigenvalue weighted by molar-refractivity contribution is 7.93. The lowest BCUT2D eigenvalue weighted by molar-refractivity contribution is 0.146. The van der Waals surface area contributed by atoms with Gasteiger partial charge in [-0.25, -0.2) is 13.2 Å². The average Bonchev–Trinajstić information content (AvgIpc) is 2.38. The van der Waals surface area contributed by atoms with Crippen molar-refractivity contribution in [3.63, 3.8) is 0 Å². The average molecular weight is 281 g/mol. The molecule has 1 aliphatic rings. The predicted molar refractivity (Wildman–Crippen MR) is 72.3 cm³/mol. The molecule has 0 unspecified atom stereocenters. The second-order valence-electron chi connectivity index (χ2n) is 4.19. The first-order valence-corrected chi connectivity index (χ1v) is 7.56. The summed E-state index contributed by atoms with van der Waals surface area (Å²) in [6, 6.07) is 6.83. The summed E-state index contributed by atoms with van der Waals surface area (Å²) in [5, 5.41) is 0. The number of rotatable bonds is 5. The summed E-state index contributed by atoms with van der Waals surface area (Å²) in [5.74, 6) is -0.109. The van der Waals surface area contributed by atoms with E-state index in [-0.39, 0.29) is 12.4 Å². The molecule has 1 aromatic rings. The molecule has 5 nitrogen and oxygen atoms in total. The number of anilines is 1. The zero-order valence-electron chi connectivity index (χ0n) is 10.4. The third-order valence-electron chi connectivity index (χ3n) is 2.82. The molecule has 1 aliphatic heterocycles. The predicted octanol–water partition coefficient (Wildman–Crippen LogP) is 2.44. The summed E-state index contributed by atoms with van der Waals surface area (Å²) in [5.41, 5.74) is 1.08. The Hall–Kier alpha value is -1.82. The molecule has 0 N–H and O–H groups in total. The van der Waals surface area contributed by atoms with Gasteiger partial charge in [-0.05, 0) is 18.9 Å². The van der Waals surface area contributed by atoms with E-state index in [1.54, 1.807) is 30.3 Å². The van der Waals surface area contributed by atoms with E-state index in [0.29, 0.717) is 24.1 Å². The third-order valence-corrected chi connectivity index (χ3v) is 4.52. The molecule has 0 aromatic heterocycles. The summed E-state index contributed by atoms with van der Waals surface area (Å²) >= 11 is 0. The van der Waals surface area contributed by atoms with Crippen molar-refractivity contribution in [1.82, 2.24) is 0 Å². The Labute approximate surface area is 112 Å². The lowest BCUT2D eigenvalue weighted by Gasteiger charge is -2.28. The van der Waals surface area contributed by atoms with Crippen LogP contribution in [0.25, 0.3) is 0 Å². The summed E-state index contributed by atoms with van der Waals surface area (Å²) in [6.45, 7) is 3.65. The number of carbonyl (C=O) groups excluding carboxylic acids is 1. The van der Waals surface area contributed by atoms with Gasteiger partial charge < -0.3 is 4.74 Å². The largest absolute Gasteiger partial charge is 0.443 e. The Morgan fingerprint density at radius 1 is 1.37 bits per heavy atom. The number of benzene rings is 1. The van der Waals surface area contributed by atoms with E-state index in [0.717, 1.165) is 4.31 Å². The Morgan fingerprint density at radius 2 is 2.11 bits per heavy atom. The smallest absolute Gasteiger partial charge is 0.428 e. The molecular formula is C13H15NO4S. The first-order valence-electron chi connectivity index (χ1n) is 5.95. The highest BCUT2D eigenvalue weighted by Gasteiger charge is 2.34. The van der Waals surface area contributed by atoms with E-state index in [9.17, 15) is 13.2 Å². The van der Waals surface area contributed by atoms with Crippen LogP contribution in [0.4, 0.5) is 10.5 Å². The summed E-state index contributed by atoms with van der Waals surface area (Å²) in [4.78, 5) is 11.7. The van der Waals surface area contributed by atoms with Crippen LogP contribution in [-0.4, -0.2) is 20.3 Å². The van der Waals surface area contributed by atoms with E-state index in [1.165, 1.54) is 0 Å². The number of para-hydroxylation sites is 1. The molecule has 0 saturated heterocycles. The number of fused-ring (bicyclic) bond motifs is 1. The van der Waals surface area contributed by atoms with E-state index >= 15 is 0 Å². The highest BCUT2D eigenvalue weighted by Crippen LogP contribution is 2.29. The SMILES string of the molecule is C=CCCCS(=O)(=O)N1C(=O)OCc2ccccc21. The summed E-state index contributed by atoms with van der Waals surface area (Å²) in [6.07, 6.45) is 1.83. The van der Waals surface area contributed by atoms with Gasteiger partial charge in [-0.15, -0.1) is 6.58 Å². The molecule has 0 atom stereocenters. The lowest BCUT2D eigenvalue weighted by Crippen LogP contribution is -2.41. The minimum atomic E-state index is -3.71. The Bertz CT molecular complexity index is 594. The molecule has 1 aromatic carbocycles. The maximum absolute atomic E-state index is 12.2. The molecule has 1 heterocycles. The monoisotopic (exact) mass is 281 g/mol. The van der Waals surface area contributed by atoms with Crippen LogP contribution in [0.5, 0.6) is 0 Å². The van der Waals surface area contributed by atoms with Crippen molar-refractivity contribution < 1.29 is 17.9 Å². The van der Waals surface area contributed by atoms with Gasteiger partial charge >= 0.3 is 6.09 Å². The number of allylic oxidation sites excluding steroid dienone is 1. The van der Waals surface area contributed by atoms with Gasteiger partial charge in [0.15, 0.2) is 0 Å². The molecule has 0 saturated carbocycles. The Kier molecular flexibility index (Phi) is 3.90. The second-order valence-corrected chi connectivity index (χ2v) is 6.13. The standard InChI is InChI=1S/C13H15NO4S/c1-2-3-6-9-19(16,17)14-12-8-5-4-7-11(12)10-18-13(14)15/h2,4-5,7-8H,1,3,6,9-10H2. The van der Waals surface area contributed by atoms with Crippen molar-refractivity contribution in [3.8, 4) is 0 Å². The van der Waals surface area contributed by atoms with E-state index in [4.69, 9.17) is 4.74 Å². The molecule has 0 radical (unpaired) electrons. The van der Waals surface area contributed by atoms with E-state index < -0.39 is 16.1 Å². The van der Waals surface area contributed by atoms with Crippen LogP contribution in [0.1, 0.15) is 18.4 Å². The summed E-state index contributed by atoms with van der Waals surface area (Å²) in [7, 11) is -3.71. The van der Waals surface area contributed by atoms with E-state index in [1.807, 2.05) is 0 Å². The Morgan fingerprint density at radius 3 is 2.84 bits per heavy atom. The van der Waals surface area contributed by atoms with Crippen LogP contribution in [0.2, 0.25) is 0 Å². The number of cyclic esters (lactones) is 1. The zero-order valence-corrected chi connectivity index (χ0v) is 11.2. The molecular weight excluding hydrogens is 266 g/mol. The van der Waals surface area contributed by atoms with Gasteiger partial charge in [0.05, 0.1) is 11.4 Å². The minimum absolute atomic E-state index is 0.105. The second kappa shape index (κ2) is 5.44. The van der Waals surface area contributed by atoms with Crippen molar-refractivity contribution in [1.29, 1.82) is 0 Å². The number of amides is 1. The van der Waals surface area contributed by atoms with Crippen LogP contribution in [0.15, 0.2) is 36.9 Å². The van der Waals surface area contributed by atoms with Crippen molar-refractivity contribution in [3.05, 3.63) is 42.5 Å². The van der Waals surface area contributed by atoms with Crippen molar-refractivity contribution in [2.45, 2.75) is 19.4 Å². The van der Waals surface area contributed by atoms with Crippen LogP contribution in [0, 0.1) is 0 Å². The van der Waals surface area contributed by atoms with Crippen LogP contribution in [-0.2, 0) is 21.4 Å². The van der Waals surface area contributed by atoms with Gasteiger partial charge in [0.1, 0.15) is 6.61 Å². The number of ether oxygens (including phenoxy) is 1. The fourth-order valence-corrected chi connectivity index (χ4v) is 3.36. The maximum atomic E-state index is 12.2. The fraction of sp³-hybridized carbons (Fsp3) is 0.308. The van der Waals surface area contributed by atoms with Crippen molar-refractivity contribution >= 4 is 21.8 Å². The van der Waals surface area contributed by atoms with Gasteiger partial charge in [0.25, 0.3) is 0 Å². The molecule has 0 fully saturated rings. The number of carbonyl (C=O) groups is 1. The van der Waals surface area contributed by atoms with Crippen molar-refractivity contribution in [2.75, 3.05) is 10.1 Å². The van der Waals surface area contributed by atoms with Gasteiger partial charge in [-0.1, -0.05) is 24.3 Å². The quantitative estimate of drug-likeness (QED) is 0.614. The van der Waals surface area contributed by atoms with Gasteiger partial charge in [-0.2, -0.15) is 4.31 Å². The van der Waals surface area contributed by atoms with Crippen LogP contribution < -0.4 is 4.31 Å². The lowest BCUT2D eigenvalue weighted by atomic mass is 10.2.